The van der Waals surface area contributed by atoms with Crippen LogP contribution in [0.25, 0.3) is 11.1 Å². The summed E-state index contributed by atoms with van der Waals surface area (Å²) >= 11 is 1.71. The molecule has 5 N–H and O–H groups in total. The molecule has 6 rings (SSSR count). The van der Waals surface area contributed by atoms with E-state index in [4.69, 9.17) is 19.9 Å². The van der Waals surface area contributed by atoms with Gasteiger partial charge < -0.3 is 35.7 Å². The molecule has 1 heterocycles. The minimum atomic E-state index is -0.569. The fourth-order valence-electron chi connectivity index (χ4n) is 6.57. The third-order valence-electron chi connectivity index (χ3n) is 9.64. The van der Waals surface area contributed by atoms with E-state index in [9.17, 15) is 14.7 Å². The highest BCUT2D eigenvalue weighted by molar-refractivity contribution is 7.99. The van der Waals surface area contributed by atoms with Crippen molar-refractivity contribution in [3.05, 3.63) is 144 Å². The predicted molar refractivity (Wildman–Crippen MR) is 218 cm³/mol. The number of carbonyl (C=O) groups excluding carboxylic acids is 2. The van der Waals surface area contributed by atoms with Crippen LogP contribution in [0.2, 0.25) is 0 Å². The molecule has 1 saturated heterocycles. The van der Waals surface area contributed by atoms with Crippen LogP contribution < -0.4 is 21.1 Å². The van der Waals surface area contributed by atoms with E-state index in [1.807, 2.05) is 84.9 Å². The minimum Gasteiger partial charge on any atom is -0.496 e. The summed E-state index contributed by atoms with van der Waals surface area (Å²) in [4.78, 5) is 26.1. The second-order valence-corrected chi connectivity index (χ2v) is 14.6. The molecule has 1 fully saturated rings. The lowest BCUT2D eigenvalue weighted by molar-refractivity contribution is -0.245. The molecule has 1 aliphatic heterocycles. The number of carbonyl (C=O) groups is 2. The van der Waals surface area contributed by atoms with E-state index in [2.05, 4.69) is 34.9 Å². The van der Waals surface area contributed by atoms with E-state index in [1.54, 1.807) is 31.0 Å². The highest BCUT2D eigenvalue weighted by atomic mass is 32.2. The van der Waals surface area contributed by atoms with Crippen molar-refractivity contribution >= 4 is 35.0 Å². The number of thioether (sulfide) groups is 1. The molecule has 5 aromatic rings. The number of nitrogens with one attached hydrogen (secondary N) is 2. The molecule has 3 unspecified atom stereocenters. The largest absolute Gasteiger partial charge is 0.496 e. The lowest BCUT2D eigenvalue weighted by Gasteiger charge is -2.36. The number of anilines is 2. The second-order valence-electron chi connectivity index (χ2n) is 13.6. The van der Waals surface area contributed by atoms with Crippen molar-refractivity contribution in [3.8, 4) is 16.9 Å². The molecule has 0 radical (unpaired) electrons. The van der Waals surface area contributed by atoms with Crippen molar-refractivity contribution in [3.63, 3.8) is 0 Å². The van der Waals surface area contributed by atoms with E-state index in [-0.39, 0.29) is 30.6 Å². The lowest BCUT2D eigenvalue weighted by Crippen LogP contribution is -2.31. The number of ether oxygens (including phenoxy) is 3. The maximum atomic E-state index is 12.8. The molecule has 0 saturated carbocycles. The first-order chi connectivity index (χ1) is 26.9. The molecule has 286 valence electrons. The van der Waals surface area contributed by atoms with Gasteiger partial charge in [0.1, 0.15) is 5.75 Å². The zero-order valence-electron chi connectivity index (χ0n) is 31.1. The van der Waals surface area contributed by atoms with Gasteiger partial charge in [0.25, 0.3) is 0 Å². The topological polar surface area (TPSA) is 132 Å². The van der Waals surface area contributed by atoms with Gasteiger partial charge in [-0.2, -0.15) is 0 Å². The number of nitrogen functional groups attached to an aromatic ring is 1. The Kier molecular flexibility index (Phi) is 14.4. The highest BCUT2D eigenvalue weighted by Crippen LogP contribution is 2.41. The Morgan fingerprint density at radius 3 is 2.25 bits per heavy atom. The SMILES string of the molecule is COc1ccccc1SCC1CC(c2ccc(CO)cc2)OC(c2ccc(-c3ccccc3CNC(=O)CCCCCC(=O)Nc3ccccc3N)cc2)O1. The summed E-state index contributed by atoms with van der Waals surface area (Å²) in [5.41, 5.74) is 13.0. The Morgan fingerprint density at radius 2 is 1.49 bits per heavy atom. The summed E-state index contributed by atoms with van der Waals surface area (Å²) in [6, 6.07) is 39.4. The molecule has 0 bridgehead atoms. The van der Waals surface area contributed by atoms with Crippen molar-refractivity contribution in [2.24, 2.45) is 0 Å². The number of para-hydroxylation sites is 3. The summed E-state index contributed by atoms with van der Waals surface area (Å²) in [7, 11) is 1.68. The molecular weight excluding hydrogens is 711 g/mol. The van der Waals surface area contributed by atoms with Gasteiger partial charge in [-0.05, 0) is 64.9 Å². The van der Waals surface area contributed by atoms with Crippen molar-refractivity contribution < 1.29 is 28.9 Å². The molecule has 55 heavy (non-hydrogen) atoms. The number of aliphatic hydroxyl groups is 1. The Hall–Kier alpha value is -5.13. The number of rotatable bonds is 17. The molecule has 1 aliphatic rings. The van der Waals surface area contributed by atoms with Crippen LogP contribution in [-0.4, -0.2) is 35.9 Å². The van der Waals surface area contributed by atoms with Crippen LogP contribution in [0, 0.1) is 0 Å². The quantitative estimate of drug-likeness (QED) is 0.0420. The van der Waals surface area contributed by atoms with Gasteiger partial charge in [-0.25, -0.2) is 0 Å². The summed E-state index contributed by atoms with van der Waals surface area (Å²) in [5.74, 6) is 1.47. The molecule has 5 aromatic carbocycles. The van der Waals surface area contributed by atoms with Crippen LogP contribution in [0.3, 0.4) is 0 Å². The first-order valence-electron chi connectivity index (χ1n) is 18.8. The molecule has 0 aliphatic carbocycles. The van der Waals surface area contributed by atoms with Gasteiger partial charge in [-0.15, -0.1) is 11.8 Å². The number of hydrogen-bond acceptors (Lipinski definition) is 8. The van der Waals surface area contributed by atoms with Crippen LogP contribution in [0.1, 0.15) is 73.2 Å². The lowest BCUT2D eigenvalue weighted by atomic mass is 9.97. The van der Waals surface area contributed by atoms with Crippen LogP contribution in [0.4, 0.5) is 11.4 Å². The molecule has 10 heteroatoms. The Balaban J connectivity index is 1.04. The third kappa shape index (κ3) is 11.2. The van der Waals surface area contributed by atoms with E-state index in [0.717, 1.165) is 56.2 Å². The zero-order chi connectivity index (χ0) is 38.4. The monoisotopic (exact) mass is 759 g/mol. The Morgan fingerprint density at radius 1 is 0.800 bits per heavy atom. The van der Waals surface area contributed by atoms with E-state index in [0.29, 0.717) is 50.0 Å². The smallest absolute Gasteiger partial charge is 0.224 e. The number of amides is 2. The maximum absolute atomic E-state index is 12.8. The van der Waals surface area contributed by atoms with Gasteiger partial charge in [-0.1, -0.05) is 103 Å². The van der Waals surface area contributed by atoms with Gasteiger partial charge >= 0.3 is 0 Å². The molecule has 9 nitrogen and oxygen atoms in total. The fourth-order valence-corrected chi connectivity index (χ4v) is 7.62. The number of hydrogen-bond donors (Lipinski definition) is 4. The summed E-state index contributed by atoms with van der Waals surface area (Å²) in [6.45, 7) is 0.405. The van der Waals surface area contributed by atoms with Crippen molar-refractivity contribution in [1.29, 1.82) is 0 Å². The number of methoxy groups -OCH3 is 1. The Labute approximate surface area is 327 Å². The molecule has 0 spiro atoms. The van der Waals surface area contributed by atoms with Gasteiger partial charge in [0, 0.05) is 42.0 Å². The second kappa shape index (κ2) is 20.0. The van der Waals surface area contributed by atoms with Crippen LogP contribution in [0.15, 0.2) is 126 Å². The number of nitrogens with two attached hydrogens (primary N) is 1. The highest BCUT2D eigenvalue weighted by Gasteiger charge is 2.32. The van der Waals surface area contributed by atoms with Crippen LogP contribution >= 0.6 is 11.8 Å². The summed E-state index contributed by atoms with van der Waals surface area (Å²) < 4.78 is 18.8. The molecular formula is C45H49N3O6S. The van der Waals surface area contributed by atoms with Gasteiger partial charge in [0.05, 0.1) is 37.3 Å². The van der Waals surface area contributed by atoms with Crippen molar-refractivity contribution in [1.82, 2.24) is 5.32 Å². The number of benzene rings is 5. The van der Waals surface area contributed by atoms with Crippen LogP contribution in [-0.2, 0) is 32.2 Å². The molecule has 0 aromatic heterocycles. The van der Waals surface area contributed by atoms with Gasteiger partial charge in [0.2, 0.25) is 11.8 Å². The maximum Gasteiger partial charge on any atom is 0.224 e. The van der Waals surface area contributed by atoms with Gasteiger partial charge in [-0.3, -0.25) is 9.59 Å². The third-order valence-corrected chi connectivity index (χ3v) is 10.8. The predicted octanol–water partition coefficient (Wildman–Crippen LogP) is 8.98. The average Bonchev–Trinajstić information content (AvgIpc) is 3.23. The van der Waals surface area contributed by atoms with E-state index in [1.165, 1.54) is 0 Å². The van der Waals surface area contributed by atoms with Crippen LogP contribution in [0.5, 0.6) is 5.75 Å². The standard InChI is InChI=1S/C45H49N3O6S/c1-52-40-15-9-10-16-42(40)55-30-36-27-41(33-21-19-31(29-49)20-22-33)54-45(53-36)34-25-23-32(24-26-34)37-12-6-5-11-35(37)28-47-43(50)17-3-2-4-18-44(51)48-39-14-8-7-13-38(39)46/h5-16,19-26,36,41,45,49H,2-4,17-18,27-30,46H2,1H3,(H,47,50)(H,48,51). The Bertz CT molecular complexity index is 2010. The normalized spacial score (nSPS) is 16.7. The summed E-state index contributed by atoms with van der Waals surface area (Å²) in [6.07, 6.45) is 2.81. The van der Waals surface area contributed by atoms with E-state index >= 15 is 0 Å². The molecule has 3 atom stereocenters. The van der Waals surface area contributed by atoms with Gasteiger partial charge in [0.15, 0.2) is 6.29 Å². The molecule has 2 amide bonds. The number of aliphatic hydroxyl groups excluding tert-OH is 1. The first-order valence-corrected chi connectivity index (χ1v) is 19.7. The fraction of sp³-hybridized carbons (Fsp3) is 0.289. The van der Waals surface area contributed by atoms with E-state index < -0.39 is 6.29 Å². The first kappa shape index (κ1) is 39.6. The zero-order valence-corrected chi connectivity index (χ0v) is 31.9. The minimum absolute atomic E-state index is 0.00682. The van der Waals surface area contributed by atoms with Crippen molar-refractivity contribution in [2.45, 2.75) is 75.1 Å². The number of unbranched alkanes of at least 4 members (excludes halogenated alkanes) is 2. The van der Waals surface area contributed by atoms with Crippen molar-refractivity contribution in [2.75, 3.05) is 23.9 Å². The summed E-state index contributed by atoms with van der Waals surface area (Å²) in [5, 5.41) is 15.5. The average molecular weight is 760 g/mol.